The second-order valence-electron chi connectivity index (χ2n) is 9.01. The number of methoxy groups -OCH3 is 1. The first-order chi connectivity index (χ1) is 15.6. The first kappa shape index (κ1) is 21.0. The van der Waals surface area contributed by atoms with E-state index >= 15 is 0 Å². The number of para-hydroxylation sites is 1. The van der Waals surface area contributed by atoms with Crippen molar-refractivity contribution < 1.29 is 23.9 Å². The molecule has 0 radical (unpaired) electrons. The van der Waals surface area contributed by atoms with Crippen LogP contribution in [0.1, 0.15) is 36.9 Å². The molecule has 1 saturated heterocycles. The summed E-state index contributed by atoms with van der Waals surface area (Å²) < 4.78 is 10.6. The van der Waals surface area contributed by atoms with Crippen LogP contribution in [0.2, 0.25) is 0 Å². The van der Waals surface area contributed by atoms with Gasteiger partial charge in [0.2, 0.25) is 11.8 Å². The molecule has 32 heavy (non-hydrogen) atoms. The number of fused-ring (bicyclic) bond motifs is 3. The number of hydrogen-bond donors (Lipinski definition) is 2. The number of carbonyl (C=O) groups is 3. The number of rotatable bonds is 4. The standard InChI is InChI=1S/C24H29N3O5/c1-31-21-8-4-7-14-17-11-27(10-9-18(17)25-22(14)21)24(30)16-6-3-2-5-15(16)23(29)26-19-12-32-13-20(19)28/h4,7-8,15-16,19,25H,2-3,5-6,9-13H2,1H3,(H,26,29)/t15-,16?,19?/m1/s1. The van der Waals surface area contributed by atoms with E-state index in [4.69, 9.17) is 9.47 Å². The van der Waals surface area contributed by atoms with E-state index in [1.165, 1.54) is 0 Å². The van der Waals surface area contributed by atoms with Crippen LogP contribution in [0.5, 0.6) is 5.75 Å². The van der Waals surface area contributed by atoms with Crippen LogP contribution in [0.3, 0.4) is 0 Å². The van der Waals surface area contributed by atoms with Crippen LogP contribution in [-0.4, -0.2) is 60.4 Å². The highest BCUT2D eigenvalue weighted by Gasteiger charge is 2.40. The third kappa shape index (κ3) is 3.66. The molecular formula is C24H29N3O5. The van der Waals surface area contributed by atoms with Gasteiger partial charge >= 0.3 is 0 Å². The van der Waals surface area contributed by atoms with Gasteiger partial charge in [-0.3, -0.25) is 14.4 Å². The van der Waals surface area contributed by atoms with Gasteiger partial charge in [-0.15, -0.1) is 0 Å². The summed E-state index contributed by atoms with van der Waals surface area (Å²) in [5.41, 5.74) is 3.24. The number of aromatic amines is 1. The highest BCUT2D eigenvalue weighted by Crippen LogP contribution is 2.36. The Kier molecular flexibility index (Phi) is 5.63. The zero-order valence-corrected chi connectivity index (χ0v) is 18.3. The maximum absolute atomic E-state index is 13.6. The molecule has 8 heteroatoms. The molecule has 8 nitrogen and oxygen atoms in total. The SMILES string of the molecule is COc1cccc2c3c([nH]c12)CCN(C(=O)C1CCCC[C@H]1C(=O)NC1COCC1=O)C3. The van der Waals surface area contributed by atoms with Crippen LogP contribution < -0.4 is 10.1 Å². The van der Waals surface area contributed by atoms with E-state index in [0.29, 0.717) is 25.9 Å². The topological polar surface area (TPSA) is 101 Å². The second kappa shape index (κ2) is 8.58. The Morgan fingerprint density at radius 2 is 2.03 bits per heavy atom. The molecule has 0 spiro atoms. The van der Waals surface area contributed by atoms with Crippen molar-refractivity contribution in [3.63, 3.8) is 0 Å². The number of ketones is 1. The fourth-order valence-electron chi connectivity index (χ4n) is 5.42. The van der Waals surface area contributed by atoms with Crippen molar-refractivity contribution in [1.82, 2.24) is 15.2 Å². The third-order valence-corrected chi connectivity index (χ3v) is 7.16. The predicted molar refractivity (Wildman–Crippen MR) is 117 cm³/mol. The Bertz CT molecular complexity index is 1060. The van der Waals surface area contributed by atoms with Gasteiger partial charge < -0.3 is 24.7 Å². The van der Waals surface area contributed by atoms with Gasteiger partial charge in [-0.1, -0.05) is 25.0 Å². The number of aromatic nitrogens is 1. The minimum absolute atomic E-state index is 0.0433. The average Bonchev–Trinajstić information content (AvgIpc) is 3.40. The Morgan fingerprint density at radius 3 is 2.78 bits per heavy atom. The molecule has 2 fully saturated rings. The number of carbonyl (C=O) groups excluding carboxylic acids is 3. The molecule has 3 heterocycles. The van der Waals surface area contributed by atoms with Crippen LogP contribution >= 0.6 is 0 Å². The van der Waals surface area contributed by atoms with Crippen molar-refractivity contribution in [1.29, 1.82) is 0 Å². The number of amides is 2. The molecule has 1 aromatic heterocycles. The fraction of sp³-hybridized carbons (Fsp3) is 0.542. The molecule has 170 valence electrons. The lowest BCUT2D eigenvalue weighted by Crippen LogP contribution is -2.49. The maximum Gasteiger partial charge on any atom is 0.226 e. The van der Waals surface area contributed by atoms with Crippen LogP contribution in [0.4, 0.5) is 0 Å². The second-order valence-corrected chi connectivity index (χ2v) is 9.01. The quantitative estimate of drug-likeness (QED) is 0.759. The average molecular weight is 440 g/mol. The number of nitrogens with one attached hydrogen (secondary N) is 2. The Hall–Kier alpha value is -2.87. The highest BCUT2D eigenvalue weighted by molar-refractivity contribution is 5.94. The lowest BCUT2D eigenvalue weighted by Gasteiger charge is -2.36. The molecule has 1 saturated carbocycles. The molecule has 2 N–H and O–H groups in total. The lowest BCUT2D eigenvalue weighted by molar-refractivity contribution is -0.144. The van der Waals surface area contributed by atoms with Crippen molar-refractivity contribution in [2.75, 3.05) is 26.9 Å². The van der Waals surface area contributed by atoms with E-state index in [0.717, 1.165) is 47.2 Å². The first-order valence-corrected chi connectivity index (χ1v) is 11.4. The highest BCUT2D eigenvalue weighted by atomic mass is 16.5. The molecule has 1 aliphatic carbocycles. The molecule has 0 bridgehead atoms. The number of H-pyrrole nitrogens is 1. The fourth-order valence-corrected chi connectivity index (χ4v) is 5.42. The molecule has 5 rings (SSSR count). The predicted octanol–water partition coefficient (Wildman–Crippen LogP) is 1.95. The van der Waals surface area contributed by atoms with E-state index < -0.39 is 12.0 Å². The zero-order valence-electron chi connectivity index (χ0n) is 18.3. The summed E-state index contributed by atoms with van der Waals surface area (Å²) in [4.78, 5) is 43.8. The van der Waals surface area contributed by atoms with Crippen molar-refractivity contribution >= 4 is 28.5 Å². The van der Waals surface area contributed by atoms with Crippen molar-refractivity contribution in [2.45, 2.75) is 44.7 Å². The van der Waals surface area contributed by atoms with Crippen molar-refractivity contribution in [3.8, 4) is 5.75 Å². The van der Waals surface area contributed by atoms with Gasteiger partial charge in [-0.05, 0) is 18.9 Å². The van der Waals surface area contributed by atoms with Gasteiger partial charge in [0.1, 0.15) is 18.4 Å². The van der Waals surface area contributed by atoms with Gasteiger partial charge in [0.15, 0.2) is 5.78 Å². The van der Waals surface area contributed by atoms with E-state index in [-0.39, 0.29) is 36.7 Å². The van der Waals surface area contributed by atoms with Crippen LogP contribution in [0.25, 0.3) is 10.9 Å². The summed E-state index contributed by atoms with van der Waals surface area (Å²) in [6, 6.07) is 5.36. The van der Waals surface area contributed by atoms with E-state index in [1.807, 2.05) is 17.0 Å². The first-order valence-electron chi connectivity index (χ1n) is 11.4. The molecule has 3 aliphatic rings. The number of nitrogens with zero attached hydrogens (tertiary/aromatic N) is 1. The summed E-state index contributed by atoms with van der Waals surface area (Å²) in [5, 5.41) is 3.91. The summed E-state index contributed by atoms with van der Waals surface area (Å²) >= 11 is 0. The van der Waals surface area contributed by atoms with Crippen LogP contribution in [-0.2, 0) is 32.1 Å². The maximum atomic E-state index is 13.6. The Morgan fingerprint density at radius 1 is 1.22 bits per heavy atom. The van der Waals surface area contributed by atoms with Gasteiger partial charge in [0, 0.05) is 48.0 Å². The van der Waals surface area contributed by atoms with E-state index in [2.05, 4.69) is 16.4 Å². The van der Waals surface area contributed by atoms with Gasteiger partial charge in [0.25, 0.3) is 0 Å². The van der Waals surface area contributed by atoms with Crippen LogP contribution in [0.15, 0.2) is 18.2 Å². The van der Waals surface area contributed by atoms with Gasteiger partial charge in [0.05, 0.1) is 19.2 Å². The molecule has 2 amide bonds. The molecule has 2 aliphatic heterocycles. The van der Waals surface area contributed by atoms with Crippen molar-refractivity contribution in [3.05, 3.63) is 29.5 Å². The Labute approximate surface area is 186 Å². The molecular weight excluding hydrogens is 410 g/mol. The summed E-state index contributed by atoms with van der Waals surface area (Å²) in [7, 11) is 1.66. The van der Waals surface area contributed by atoms with Crippen LogP contribution in [0, 0.1) is 11.8 Å². The van der Waals surface area contributed by atoms with E-state index in [9.17, 15) is 14.4 Å². The smallest absolute Gasteiger partial charge is 0.226 e. The number of hydrogen-bond acceptors (Lipinski definition) is 5. The molecule has 3 atom stereocenters. The minimum atomic E-state index is -0.584. The largest absolute Gasteiger partial charge is 0.495 e. The number of ether oxygens (including phenoxy) is 2. The van der Waals surface area contributed by atoms with E-state index in [1.54, 1.807) is 7.11 Å². The number of Topliss-reactive ketones (excluding diaryl/α,β-unsaturated/α-hetero) is 1. The van der Waals surface area contributed by atoms with Gasteiger partial charge in [-0.2, -0.15) is 0 Å². The Balaban J connectivity index is 1.34. The minimum Gasteiger partial charge on any atom is -0.495 e. The lowest BCUT2D eigenvalue weighted by atomic mass is 9.77. The molecule has 2 unspecified atom stereocenters. The summed E-state index contributed by atoms with van der Waals surface area (Å²) in [5.74, 6) is -0.195. The normalized spacial score (nSPS) is 25.6. The monoisotopic (exact) mass is 439 g/mol. The molecule has 2 aromatic rings. The number of benzene rings is 1. The van der Waals surface area contributed by atoms with Crippen molar-refractivity contribution in [2.24, 2.45) is 11.8 Å². The third-order valence-electron chi connectivity index (χ3n) is 7.16. The van der Waals surface area contributed by atoms with Gasteiger partial charge in [-0.25, -0.2) is 0 Å². The molecule has 1 aromatic carbocycles. The summed E-state index contributed by atoms with van der Waals surface area (Å²) in [6.45, 7) is 1.42. The summed E-state index contributed by atoms with van der Waals surface area (Å²) in [6.07, 6.45) is 3.99. The zero-order chi connectivity index (χ0) is 22.2.